The first kappa shape index (κ1) is 28.6. The van der Waals surface area contributed by atoms with Crippen molar-refractivity contribution in [2.75, 3.05) is 37.2 Å². The molecule has 210 valence electrons. The number of amides is 2. The smallest absolute Gasteiger partial charge is 0.246 e. The summed E-state index contributed by atoms with van der Waals surface area (Å²) in [7, 11) is 0. The molecular weight excluding hydrogens is 502 g/mol. The number of nitrogens with one attached hydrogen (secondary N) is 2. The first-order chi connectivity index (χ1) is 19.4. The molecule has 1 aromatic heterocycles. The summed E-state index contributed by atoms with van der Waals surface area (Å²) in [6, 6.07) is 18.2. The van der Waals surface area contributed by atoms with Gasteiger partial charge in [-0.25, -0.2) is 4.68 Å². The summed E-state index contributed by atoms with van der Waals surface area (Å²) < 4.78 is 1.87. The molecule has 3 aromatic rings. The van der Waals surface area contributed by atoms with Gasteiger partial charge in [0.15, 0.2) is 0 Å². The van der Waals surface area contributed by atoms with Gasteiger partial charge < -0.3 is 21.3 Å². The predicted molar refractivity (Wildman–Crippen MR) is 162 cm³/mol. The van der Waals surface area contributed by atoms with E-state index < -0.39 is 0 Å². The van der Waals surface area contributed by atoms with Gasteiger partial charge in [0.1, 0.15) is 11.5 Å². The predicted octanol–water partition coefficient (Wildman–Crippen LogP) is 4.95. The van der Waals surface area contributed by atoms with E-state index in [1.165, 1.54) is 13.0 Å². The van der Waals surface area contributed by atoms with Gasteiger partial charge >= 0.3 is 0 Å². The summed E-state index contributed by atoms with van der Waals surface area (Å²) in [5, 5.41) is 11.1. The molecule has 0 saturated carbocycles. The number of nitrogens with zero attached hydrogens (tertiary/aromatic N) is 4. The van der Waals surface area contributed by atoms with Crippen LogP contribution in [0.4, 0.5) is 17.2 Å². The summed E-state index contributed by atoms with van der Waals surface area (Å²) >= 11 is 0. The molecule has 1 atom stereocenters. The maximum Gasteiger partial charge on any atom is 0.246 e. The molecule has 2 heterocycles. The fourth-order valence-corrected chi connectivity index (χ4v) is 4.78. The van der Waals surface area contributed by atoms with Crippen LogP contribution in [0.5, 0.6) is 0 Å². The van der Waals surface area contributed by atoms with Crippen molar-refractivity contribution in [3.63, 3.8) is 0 Å². The van der Waals surface area contributed by atoms with Crippen LogP contribution in [0.15, 0.2) is 71.7 Å². The number of carbonyl (C=O) groups is 2. The SMILES string of the molecule is CCCCN=C(C)c1c(-c2ccc(Nc3ccccc3)cc2)nn(C2CCN(C(=O)/C=C/CNC(C)=O)C2)c1N. The topological polar surface area (TPSA) is 118 Å². The Morgan fingerprint density at radius 1 is 1.10 bits per heavy atom. The number of hydrogen-bond donors (Lipinski definition) is 3. The average Bonchev–Trinajstić information content (AvgIpc) is 3.57. The fourth-order valence-electron chi connectivity index (χ4n) is 4.78. The highest BCUT2D eigenvalue weighted by Gasteiger charge is 2.30. The Morgan fingerprint density at radius 3 is 2.52 bits per heavy atom. The summed E-state index contributed by atoms with van der Waals surface area (Å²) in [5.41, 5.74) is 12.2. The van der Waals surface area contributed by atoms with Crippen LogP contribution in [-0.2, 0) is 9.59 Å². The number of aliphatic imine (C=N–C) groups is 1. The molecule has 9 nitrogen and oxygen atoms in total. The number of benzene rings is 2. The molecule has 1 saturated heterocycles. The van der Waals surface area contributed by atoms with Crippen molar-refractivity contribution in [1.29, 1.82) is 0 Å². The number of nitrogen functional groups attached to an aromatic ring is 1. The van der Waals surface area contributed by atoms with Crippen LogP contribution >= 0.6 is 0 Å². The molecule has 2 amide bonds. The van der Waals surface area contributed by atoms with E-state index in [-0.39, 0.29) is 17.9 Å². The number of para-hydroxylation sites is 1. The lowest BCUT2D eigenvalue weighted by molar-refractivity contribution is -0.125. The zero-order chi connectivity index (χ0) is 28.5. The highest BCUT2D eigenvalue weighted by Crippen LogP contribution is 2.34. The van der Waals surface area contributed by atoms with Crippen molar-refractivity contribution in [1.82, 2.24) is 20.0 Å². The molecule has 0 aliphatic carbocycles. The molecule has 1 aliphatic heterocycles. The van der Waals surface area contributed by atoms with E-state index in [0.29, 0.717) is 25.5 Å². The van der Waals surface area contributed by atoms with Crippen molar-refractivity contribution in [2.45, 2.75) is 46.1 Å². The third-order valence-corrected chi connectivity index (χ3v) is 6.94. The normalized spacial score (nSPS) is 15.5. The average molecular weight is 542 g/mol. The minimum absolute atomic E-state index is 0.0392. The molecule has 0 radical (unpaired) electrons. The van der Waals surface area contributed by atoms with Gasteiger partial charge in [-0.2, -0.15) is 5.10 Å². The lowest BCUT2D eigenvalue weighted by Gasteiger charge is -2.15. The minimum atomic E-state index is -0.130. The second-order valence-electron chi connectivity index (χ2n) is 10.0. The van der Waals surface area contributed by atoms with E-state index in [4.69, 9.17) is 15.8 Å². The molecule has 2 aromatic carbocycles. The van der Waals surface area contributed by atoms with Gasteiger partial charge in [0, 0.05) is 61.8 Å². The third kappa shape index (κ3) is 7.16. The lowest BCUT2D eigenvalue weighted by atomic mass is 10.0. The molecular formula is C31H39N7O2. The molecule has 1 unspecified atom stereocenters. The first-order valence-corrected chi connectivity index (χ1v) is 13.9. The molecule has 9 heteroatoms. The van der Waals surface area contributed by atoms with Crippen LogP contribution in [-0.4, -0.2) is 58.4 Å². The molecule has 1 fully saturated rings. The minimum Gasteiger partial charge on any atom is -0.383 e. The Bertz CT molecular complexity index is 1360. The summed E-state index contributed by atoms with van der Waals surface area (Å²) in [4.78, 5) is 30.4. The molecule has 4 N–H and O–H groups in total. The number of carbonyl (C=O) groups excluding carboxylic acids is 2. The van der Waals surface area contributed by atoms with Crippen molar-refractivity contribution in [3.8, 4) is 11.3 Å². The molecule has 0 spiro atoms. The van der Waals surface area contributed by atoms with Crippen LogP contribution in [0.2, 0.25) is 0 Å². The maximum atomic E-state index is 12.7. The second-order valence-corrected chi connectivity index (χ2v) is 10.0. The van der Waals surface area contributed by atoms with E-state index in [0.717, 1.165) is 59.7 Å². The molecule has 4 rings (SSSR count). The zero-order valence-electron chi connectivity index (χ0n) is 23.6. The quantitative estimate of drug-likeness (QED) is 0.180. The van der Waals surface area contributed by atoms with Crippen molar-refractivity contribution in [2.24, 2.45) is 4.99 Å². The number of hydrogen-bond acceptors (Lipinski definition) is 6. The third-order valence-electron chi connectivity index (χ3n) is 6.94. The Labute approximate surface area is 236 Å². The van der Waals surface area contributed by atoms with E-state index in [1.54, 1.807) is 11.0 Å². The molecule has 1 aliphatic rings. The van der Waals surface area contributed by atoms with Gasteiger partial charge in [-0.1, -0.05) is 49.8 Å². The number of rotatable bonds is 11. The van der Waals surface area contributed by atoms with Gasteiger partial charge in [-0.15, -0.1) is 0 Å². The highest BCUT2D eigenvalue weighted by atomic mass is 16.2. The standard InChI is InChI=1S/C31H39N7O2/c1-4-5-18-33-22(2)29-30(24-13-15-26(16-14-24)35-25-10-7-6-8-11-25)36-38(31(29)32)27-17-20-37(21-27)28(40)12-9-19-34-23(3)39/h6-16,27,35H,4-5,17-21,32H2,1-3H3,(H,34,39)/b12-9+,33-22?. The van der Waals surface area contributed by atoms with E-state index >= 15 is 0 Å². The van der Waals surface area contributed by atoms with Crippen molar-refractivity contribution in [3.05, 3.63) is 72.3 Å². The summed E-state index contributed by atoms with van der Waals surface area (Å²) in [5.74, 6) is 0.354. The van der Waals surface area contributed by atoms with Crippen molar-refractivity contribution >= 4 is 34.7 Å². The van der Waals surface area contributed by atoms with Gasteiger partial charge in [0.05, 0.1) is 11.6 Å². The van der Waals surface area contributed by atoms with Gasteiger partial charge in [0.2, 0.25) is 11.8 Å². The van der Waals surface area contributed by atoms with Gasteiger partial charge in [-0.05, 0) is 44.0 Å². The van der Waals surface area contributed by atoms with E-state index in [1.807, 2.05) is 66.2 Å². The van der Waals surface area contributed by atoms with Crippen LogP contribution in [0.3, 0.4) is 0 Å². The number of nitrogens with two attached hydrogens (primary N) is 1. The maximum absolute atomic E-state index is 12.7. The highest BCUT2D eigenvalue weighted by molar-refractivity contribution is 6.07. The monoisotopic (exact) mass is 541 g/mol. The Balaban J connectivity index is 1.57. The molecule has 0 bridgehead atoms. The Hall–Kier alpha value is -4.40. The first-order valence-electron chi connectivity index (χ1n) is 13.9. The van der Waals surface area contributed by atoms with E-state index in [2.05, 4.69) is 17.6 Å². The zero-order valence-corrected chi connectivity index (χ0v) is 23.6. The largest absolute Gasteiger partial charge is 0.383 e. The Morgan fingerprint density at radius 2 is 1.82 bits per heavy atom. The van der Waals surface area contributed by atoms with Crippen LogP contribution in [0.1, 0.15) is 51.6 Å². The summed E-state index contributed by atoms with van der Waals surface area (Å²) in [6.07, 6.45) is 6.01. The number of anilines is 3. The second kappa shape index (κ2) is 13.6. The fraction of sp³-hybridized carbons (Fsp3) is 0.355. The number of likely N-dealkylation sites (tertiary alicyclic amines) is 1. The lowest BCUT2D eigenvalue weighted by Crippen LogP contribution is -2.28. The number of unbranched alkanes of at least 4 members (excludes halogenated alkanes) is 1. The van der Waals surface area contributed by atoms with Crippen LogP contribution in [0.25, 0.3) is 11.3 Å². The molecule has 40 heavy (non-hydrogen) atoms. The van der Waals surface area contributed by atoms with Gasteiger partial charge in [0.25, 0.3) is 0 Å². The Kier molecular flexibility index (Phi) is 9.72. The van der Waals surface area contributed by atoms with Crippen LogP contribution < -0.4 is 16.4 Å². The van der Waals surface area contributed by atoms with Gasteiger partial charge in [-0.3, -0.25) is 14.6 Å². The summed E-state index contributed by atoms with van der Waals surface area (Å²) in [6.45, 7) is 7.78. The number of aromatic nitrogens is 2. The van der Waals surface area contributed by atoms with E-state index in [9.17, 15) is 9.59 Å². The van der Waals surface area contributed by atoms with Crippen LogP contribution in [0, 0.1) is 0 Å². The van der Waals surface area contributed by atoms with Crippen molar-refractivity contribution < 1.29 is 9.59 Å².